The molecule has 3 rings (SSSR count). The first-order valence-corrected chi connectivity index (χ1v) is 5.18. The van der Waals surface area contributed by atoms with Gasteiger partial charge in [0.1, 0.15) is 11.3 Å². The molecule has 0 saturated heterocycles. The summed E-state index contributed by atoms with van der Waals surface area (Å²) in [5, 5.41) is 9.23. The first-order valence-electron chi connectivity index (χ1n) is 5.18. The molecule has 0 aliphatic carbocycles. The molecule has 4 nitrogen and oxygen atoms in total. The maximum absolute atomic E-state index is 9.23. The van der Waals surface area contributed by atoms with Crippen LogP contribution >= 0.6 is 0 Å². The van der Waals surface area contributed by atoms with Crippen molar-refractivity contribution in [3.63, 3.8) is 0 Å². The highest BCUT2D eigenvalue weighted by molar-refractivity contribution is 5.81. The van der Waals surface area contributed by atoms with E-state index in [-0.39, 0.29) is 11.8 Å². The number of phenolic OH excluding ortho intramolecular Hbond substituents is 1. The van der Waals surface area contributed by atoms with Gasteiger partial charge in [-0.25, -0.2) is 0 Å². The molecule has 2 aromatic carbocycles. The summed E-state index contributed by atoms with van der Waals surface area (Å²) in [6.45, 7) is 0. The van der Waals surface area contributed by atoms with E-state index in [1.54, 1.807) is 12.1 Å². The molecule has 17 heavy (non-hydrogen) atoms. The predicted molar refractivity (Wildman–Crippen MR) is 65.5 cm³/mol. The van der Waals surface area contributed by atoms with E-state index in [1.807, 2.05) is 30.3 Å². The van der Waals surface area contributed by atoms with E-state index in [0.29, 0.717) is 5.58 Å². The van der Waals surface area contributed by atoms with Gasteiger partial charge in [-0.3, -0.25) is 0 Å². The van der Waals surface area contributed by atoms with E-state index in [2.05, 4.69) is 4.98 Å². The van der Waals surface area contributed by atoms with Gasteiger partial charge in [-0.2, -0.15) is 4.98 Å². The first-order chi connectivity index (χ1) is 8.22. The van der Waals surface area contributed by atoms with Crippen molar-refractivity contribution in [1.82, 2.24) is 4.98 Å². The first kappa shape index (κ1) is 9.72. The van der Waals surface area contributed by atoms with Crippen LogP contribution in [0.4, 0.5) is 6.01 Å². The summed E-state index contributed by atoms with van der Waals surface area (Å²) in [6, 6.07) is 12.8. The summed E-state index contributed by atoms with van der Waals surface area (Å²) >= 11 is 0. The van der Waals surface area contributed by atoms with Crippen LogP contribution in [0.15, 0.2) is 46.9 Å². The summed E-state index contributed by atoms with van der Waals surface area (Å²) in [5.41, 5.74) is 8.90. The third-order valence-electron chi connectivity index (χ3n) is 2.60. The molecule has 0 fully saturated rings. The van der Waals surface area contributed by atoms with Crippen molar-refractivity contribution in [3.05, 3.63) is 42.5 Å². The minimum atomic E-state index is 0.169. The van der Waals surface area contributed by atoms with Gasteiger partial charge in [0.25, 0.3) is 6.01 Å². The Hall–Kier alpha value is -2.49. The van der Waals surface area contributed by atoms with Gasteiger partial charge in [0, 0.05) is 0 Å². The Morgan fingerprint density at radius 2 is 1.71 bits per heavy atom. The van der Waals surface area contributed by atoms with Crippen molar-refractivity contribution < 1.29 is 9.52 Å². The number of nitrogens with two attached hydrogens (primary N) is 1. The van der Waals surface area contributed by atoms with Gasteiger partial charge in [0.2, 0.25) is 0 Å². The molecule has 0 amide bonds. The number of hydrogen-bond donors (Lipinski definition) is 2. The lowest BCUT2D eigenvalue weighted by Crippen LogP contribution is -1.81. The van der Waals surface area contributed by atoms with Gasteiger partial charge in [0.05, 0.1) is 0 Å². The molecule has 84 valence electrons. The molecule has 0 radical (unpaired) electrons. The molecule has 0 aliphatic heterocycles. The predicted octanol–water partition coefficient (Wildman–Crippen LogP) is 2.78. The number of nitrogens with zero attached hydrogens (tertiary/aromatic N) is 1. The smallest absolute Gasteiger partial charge is 0.292 e. The maximum Gasteiger partial charge on any atom is 0.292 e. The fraction of sp³-hybridized carbons (Fsp3) is 0. The Balaban J connectivity index is 2.13. The zero-order chi connectivity index (χ0) is 11.8. The number of nitrogen functional groups attached to an aromatic ring is 1. The third-order valence-corrected chi connectivity index (χ3v) is 2.60. The topological polar surface area (TPSA) is 72.3 Å². The number of fused-ring (bicyclic) bond motifs is 1. The lowest BCUT2D eigenvalue weighted by Gasteiger charge is -2.01. The van der Waals surface area contributed by atoms with E-state index in [9.17, 15) is 5.11 Å². The molecule has 3 N–H and O–H groups in total. The van der Waals surface area contributed by atoms with Crippen LogP contribution in [0.25, 0.3) is 22.2 Å². The second kappa shape index (κ2) is 3.52. The number of aromatic hydroxyl groups is 1. The molecule has 1 aromatic heterocycles. The molecule has 0 spiro atoms. The summed E-state index contributed by atoms with van der Waals surface area (Å²) in [4.78, 5) is 4.08. The second-order valence-electron chi connectivity index (χ2n) is 3.78. The number of rotatable bonds is 1. The molecular formula is C13H10N2O2. The van der Waals surface area contributed by atoms with Crippen LogP contribution in [-0.4, -0.2) is 10.1 Å². The fourth-order valence-electron chi connectivity index (χ4n) is 1.78. The number of benzene rings is 2. The number of anilines is 1. The van der Waals surface area contributed by atoms with Crippen LogP contribution in [0.5, 0.6) is 5.75 Å². The fourth-order valence-corrected chi connectivity index (χ4v) is 1.78. The maximum atomic E-state index is 9.23. The summed E-state index contributed by atoms with van der Waals surface area (Å²) in [6.07, 6.45) is 0. The Kier molecular flexibility index (Phi) is 2.01. The quantitative estimate of drug-likeness (QED) is 0.669. The van der Waals surface area contributed by atoms with E-state index >= 15 is 0 Å². The summed E-state index contributed by atoms with van der Waals surface area (Å²) in [5.74, 6) is 0.250. The number of aromatic nitrogens is 1. The monoisotopic (exact) mass is 226 g/mol. The SMILES string of the molecule is Nc1nc2cc(-c3ccc(O)cc3)ccc2o1. The van der Waals surface area contributed by atoms with Crippen LogP contribution in [0, 0.1) is 0 Å². The Bertz CT molecular complexity index is 671. The lowest BCUT2D eigenvalue weighted by atomic mass is 10.1. The normalized spacial score (nSPS) is 10.8. The largest absolute Gasteiger partial charge is 0.508 e. The van der Waals surface area contributed by atoms with Gasteiger partial charge < -0.3 is 15.3 Å². The molecule has 0 saturated carbocycles. The highest BCUT2D eigenvalue weighted by Crippen LogP contribution is 2.26. The van der Waals surface area contributed by atoms with Gasteiger partial charge in [-0.1, -0.05) is 18.2 Å². The highest BCUT2D eigenvalue weighted by atomic mass is 16.4. The summed E-state index contributed by atoms with van der Waals surface area (Å²) in [7, 11) is 0. The van der Waals surface area contributed by atoms with Crippen molar-refractivity contribution in [2.24, 2.45) is 0 Å². The van der Waals surface area contributed by atoms with Gasteiger partial charge in [0.15, 0.2) is 5.58 Å². The summed E-state index contributed by atoms with van der Waals surface area (Å²) < 4.78 is 5.20. The van der Waals surface area contributed by atoms with Gasteiger partial charge in [-0.05, 0) is 35.4 Å². The standard InChI is InChI=1S/C13H10N2O2/c14-13-15-11-7-9(3-6-12(11)17-13)8-1-4-10(16)5-2-8/h1-7,16H,(H2,14,15). The Morgan fingerprint density at radius 3 is 2.47 bits per heavy atom. The minimum Gasteiger partial charge on any atom is -0.508 e. The van der Waals surface area contributed by atoms with E-state index in [4.69, 9.17) is 10.2 Å². The van der Waals surface area contributed by atoms with Crippen molar-refractivity contribution in [1.29, 1.82) is 0 Å². The van der Waals surface area contributed by atoms with E-state index < -0.39 is 0 Å². The van der Waals surface area contributed by atoms with Crippen LogP contribution < -0.4 is 5.73 Å². The van der Waals surface area contributed by atoms with Crippen LogP contribution in [-0.2, 0) is 0 Å². The van der Waals surface area contributed by atoms with E-state index in [1.165, 1.54) is 0 Å². The van der Waals surface area contributed by atoms with Crippen molar-refractivity contribution in [2.75, 3.05) is 5.73 Å². The molecular weight excluding hydrogens is 216 g/mol. The van der Waals surface area contributed by atoms with Crippen molar-refractivity contribution in [2.45, 2.75) is 0 Å². The van der Waals surface area contributed by atoms with Gasteiger partial charge in [-0.15, -0.1) is 0 Å². The van der Waals surface area contributed by atoms with Crippen LogP contribution in [0.2, 0.25) is 0 Å². The molecule has 0 bridgehead atoms. The highest BCUT2D eigenvalue weighted by Gasteiger charge is 2.05. The number of oxazole rings is 1. The van der Waals surface area contributed by atoms with Crippen LogP contribution in [0.1, 0.15) is 0 Å². The molecule has 0 unspecified atom stereocenters. The molecule has 0 aliphatic rings. The second-order valence-corrected chi connectivity index (χ2v) is 3.78. The minimum absolute atomic E-state index is 0.169. The lowest BCUT2D eigenvalue weighted by molar-refractivity contribution is 0.475. The third kappa shape index (κ3) is 1.69. The number of hydrogen-bond acceptors (Lipinski definition) is 4. The Labute approximate surface area is 97.3 Å². The average Bonchev–Trinajstić information content (AvgIpc) is 2.69. The molecule has 0 atom stereocenters. The van der Waals surface area contributed by atoms with E-state index in [0.717, 1.165) is 16.6 Å². The van der Waals surface area contributed by atoms with Crippen molar-refractivity contribution >= 4 is 17.1 Å². The average molecular weight is 226 g/mol. The van der Waals surface area contributed by atoms with Gasteiger partial charge >= 0.3 is 0 Å². The zero-order valence-corrected chi connectivity index (χ0v) is 8.92. The zero-order valence-electron chi connectivity index (χ0n) is 8.92. The molecule has 4 heteroatoms. The van der Waals surface area contributed by atoms with Crippen LogP contribution in [0.3, 0.4) is 0 Å². The van der Waals surface area contributed by atoms with Crippen molar-refractivity contribution in [3.8, 4) is 16.9 Å². The Morgan fingerprint density at radius 1 is 1.00 bits per heavy atom. The molecule has 3 aromatic rings. The number of phenols is 1. The molecule has 1 heterocycles.